The molecule has 2 aliphatic heterocycles. The molecule has 186 valence electrons. The van der Waals surface area contributed by atoms with Gasteiger partial charge in [0.1, 0.15) is 0 Å². The number of aryl methyl sites for hydroxylation is 1. The molecule has 0 bridgehead atoms. The standard InChI is InChI=1S/C28H18F3NO5/c1-14-6-2-3-7-17(14)22-20-21(27(37-22)23(33)18-8-4-5-9-19(18)24(27)34)26(36)32(25(20)35)16-12-10-15(11-13-16)28(29,30)31/h2-13,20-22H,1H3/t20-,21-,22+/m0/s1. The van der Waals surface area contributed by atoms with Crippen molar-refractivity contribution in [3.8, 4) is 0 Å². The molecule has 37 heavy (non-hydrogen) atoms. The number of hydrogen-bond acceptors (Lipinski definition) is 5. The number of fused-ring (bicyclic) bond motifs is 3. The van der Waals surface area contributed by atoms with Crippen LogP contribution < -0.4 is 4.90 Å². The molecule has 9 heteroatoms. The highest BCUT2D eigenvalue weighted by Crippen LogP contribution is 2.58. The summed E-state index contributed by atoms with van der Waals surface area (Å²) in [5.74, 6) is -5.70. The van der Waals surface area contributed by atoms with Gasteiger partial charge in [0.05, 0.1) is 29.2 Å². The Balaban J connectivity index is 1.51. The first-order valence-corrected chi connectivity index (χ1v) is 11.5. The van der Waals surface area contributed by atoms with Crippen LogP contribution in [0.4, 0.5) is 18.9 Å². The molecule has 3 aromatic rings. The van der Waals surface area contributed by atoms with Crippen LogP contribution in [0, 0.1) is 18.8 Å². The lowest BCUT2D eigenvalue weighted by Gasteiger charge is -2.27. The van der Waals surface area contributed by atoms with Crippen molar-refractivity contribution in [2.24, 2.45) is 11.8 Å². The minimum Gasteiger partial charge on any atom is -0.349 e. The number of benzene rings is 3. The predicted molar refractivity (Wildman–Crippen MR) is 124 cm³/mol. The molecule has 3 atom stereocenters. The van der Waals surface area contributed by atoms with Crippen molar-refractivity contribution in [3.05, 3.63) is 101 Å². The van der Waals surface area contributed by atoms with Crippen molar-refractivity contribution in [1.82, 2.24) is 0 Å². The Hall–Kier alpha value is -4.11. The van der Waals surface area contributed by atoms with E-state index in [4.69, 9.17) is 4.74 Å². The average Bonchev–Trinajstić information content (AvgIpc) is 3.44. The van der Waals surface area contributed by atoms with Gasteiger partial charge in [-0.2, -0.15) is 13.2 Å². The number of anilines is 1. The third kappa shape index (κ3) is 3.03. The van der Waals surface area contributed by atoms with Crippen LogP contribution >= 0.6 is 0 Å². The number of imide groups is 1. The van der Waals surface area contributed by atoms with E-state index in [0.29, 0.717) is 5.56 Å². The van der Waals surface area contributed by atoms with Crippen molar-refractivity contribution in [3.63, 3.8) is 0 Å². The number of halogens is 3. The maximum atomic E-state index is 13.8. The molecule has 6 nitrogen and oxygen atoms in total. The molecule has 3 aliphatic rings. The number of nitrogens with zero attached hydrogens (tertiary/aromatic N) is 1. The summed E-state index contributed by atoms with van der Waals surface area (Å²) in [5, 5.41) is 0. The van der Waals surface area contributed by atoms with Gasteiger partial charge in [0, 0.05) is 11.1 Å². The van der Waals surface area contributed by atoms with E-state index in [1.165, 1.54) is 12.1 Å². The molecule has 2 saturated heterocycles. The molecule has 2 amide bonds. The van der Waals surface area contributed by atoms with E-state index in [2.05, 4.69) is 0 Å². The Morgan fingerprint density at radius 1 is 0.784 bits per heavy atom. The minimum atomic E-state index is -4.60. The summed E-state index contributed by atoms with van der Waals surface area (Å²) in [5.41, 5.74) is -1.78. The van der Waals surface area contributed by atoms with Crippen LogP contribution in [0.3, 0.4) is 0 Å². The van der Waals surface area contributed by atoms with E-state index in [9.17, 15) is 32.3 Å². The topological polar surface area (TPSA) is 80.8 Å². The summed E-state index contributed by atoms with van der Waals surface area (Å²) < 4.78 is 45.5. The van der Waals surface area contributed by atoms with Crippen LogP contribution in [0.25, 0.3) is 0 Å². The largest absolute Gasteiger partial charge is 0.416 e. The highest BCUT2D eigenvalue weighted by molar-refractivity contribution is 6.37. The Morgan fingerprint density at radius 3 is 1.92 bits per heavy atom. The quantitative estimate of drug-likeness (QED) is 0.372. The Bertz CT molecular complexity index is 1480. The second-order valence-corrected chi connectivity index (χ2v) is 9.39. The molecule has 0 N–H and O–H groups in total. The molecular weight excluding hydrogens is 487 g/mol. The summed E-state index contributed by atoms with van der Waals surface area (Å²) >= 11 is 0. The molecule has 1 aliphatic carbocycles. The van der Waals surface area contributed by atoms with Crippen molar-refractivity contribution < 1.29 is 37.1 Å². The van der Waals surface area contributed by atoms with Crippen molar-refractivity contribution in [2.45, 2.75) is 24.8 Å². The molecule has 0 aromatic heterocycles. The zero-order valence-electron chi connectivity index (χ0n) is 19.3. The van der Waals surface area contributed by atoms with Crippen LogP contribution in [0.2, 0.25) is 0 Å². The Kier molecular flexibility index (Phi) is 4.84. The van der Waals surface area contributed by atoms with E-state index >= 15 is 0 Å². The minimum absolute atomic E-state index is 0.0773. The molecule has 6 rings (SSSR count). The van der Waals surface area contributed by atoms with E-state index < -0.39 is 58.7 Å². The summed E-state index contributed by atoms with van der Waals surface area (Å²) in [6.45, 7) is 1.78. The van der Waals surface area contributed by atoms with E-state index in [0.717, 1.165) is 34.7 Å². The van der Waals surface area contributed by atoms with E-state index in [-0.39, 0.29) is 16.8 Å². The van der Waals surface area contributed by atoms with Crippen molar-refractivity contribution >= 4 is 29.1 Å². The second kappa shape index (κ2) is 7.69. The number of hydrogen-bond donors (Lipinski definition) is 0. The summed E-state index contributed by atoms with van der Waals surface area (Å²) in [6.07, 6.45) is -5.69. The van der Waals surface area contributed by atoms with Crippen LogP contribution in [-0.2, 0) is 20.5 Å². The van der Waals surface area contributed by atoms with Crippen LogP contribution in [0.5, 0.6) is 0 Å². The molecule has 2 heterocycles. The van der Waals surface area contributed by atoms with Gasteiger partial charge >= 0.3 is 6.18 Å². The number of carbonyl (C=O) groups is 4. The molecule has 1 spiro atoms. The van der Waals surface area contributed by atoms with Crippen molar-refractivity contribution in [1.29, 1.82) is 0 Å². The molecule has 0 unspecified atom stereocenters. The highest BCUT2D eigenvalue weighted by Gasteiger charge is 2.74. The smallest absolute Gasteiger partial charge is 0.349 e. The summed E-state index contributed by atoms with van der Waals surface area (Å²) in [6, 6.07) is 16.7. The Morgan fingerprint density at radius 2 is 1.35 bits per heavy atom. The summed E-state index contributed by atoms with van der Waals surface area (Å²) in [4.78, 5) is 55.9. The third-order valence-corrected chi connectivity index (χ3v) is 7.47. The van der Waals surface area contributed by atoms with Gasteiger partial charge in [-0.25, -0.2) is 4.90 Å². The lowest BCUT2D eigenvalue weighted by Crippen LogP contribution is -2.51. The van der Waals surface area contributed by atoms with Gasteiger partial charge in [-0.1, -0.05) is 48.5 Å². The van der Waals surface area contributed by atoms with E-state index in [1.807, 2.05) is 0 Å². The number of ketones is 2. The van der Waals surface area contributed by atoms with E-state index in [1.54, 1.807) is 43.3 Å². The van der Waals surface area contributed by atoms with Gasteiger partial charge in [0.25, 0.3) is 0 Å². The fraction of sp³-hybridized carbons (Fsp3) is 0.214. The molecule has 0 radical (unpaired) electrons. The molecule has 3 aromatic carbocycles. The first-order chi connectivity index (χ1) is 17.6. The van der Waals surface area contributed by atoms with Gasteiger partial charge in [-0.3, -0.25) is 19.2 Å². The maximum Gasteiger partial charge on any atom is 0.416 e. The van der Waals surface area contributed by atoms with Crippen LogP contribution in [-0.4, -0.2) is 29.0 Å². The first kappa shape index (κ1) is 23.3. The lowest BCUT2D eigenvalue weighted by molar-refractivity contribution is -0.137. The van der Waals surface area contributed by atoms with Crippen LogP contribution in [0.1, 0.15) is 43.5 Å². The third-order valence-electron chi connectivity index (χ3n) is 7.47. The predicted octanol–water partition coefficient (Wildman–Crippen LogP) is 4.71. The van der Waals surface area contributed by atoms with Gasteiger partial charge < -0.3 is 4.74 Å². The fourth-order valence-electron chi connectivity index (χ4n) is 5.76. The molecular formula is C28H18F3NO5. The number of alkyl halides is 3. The highest BCUT2D eigenvalue weighted by atomic mass is 19.4. The van der Waals surface area contributed by atoms with Gasteiger partial charge in [-0.15, -0.1) is 0 Å². The normalized spacial score (nSPS) is 24.2. The Labute approximate surface area is 208 Å². The van der Waals surface area contributed by atoms with Gasteiger partial charge in [0.2, 0.25) is 29.0 Å². The number of rotatable bonds is 2. The SMILES string of the molecule is Cc1ccccc1[C@H]1OC2(C(=O)c3ccccc3C2=O)[C@@H]2C(=O)N(c3ccc(C(F)(F)F)cc3)C(=O)[C@H]12. The number of carbonyl (C=O) groups excluding carboxylic acids is 4. The monoisotopic (exact) mass is 505 g/mol. The maximum absolute atomic E-state index is 13.8. The number of ether oxygens (including phenoxy) is 1. The zero-order chi connectivity index (χ0) is 26.3. The first-order valence-electron chi connectivity index (χ1n) is 11.5. The van der Waals surface area contributed by atoms with Crippen LogP contribution in [0.15, 0.2) is 72.8 Å². The van der Waals surface area contributed by atoms with Crippen molar-refractivity contribution in [2.75, 3.05) is 4.90 Å². The fourth-order valence-corrected chi connectivity index (χ4v) is 5.76. The summed E-state index contributed by atoms with van der Waals surface area (Å²) in [7, 11) is 0. The van der Waals surface area contributed by atoms with Gasteiger partial charge in [0.15, 0.2) is 0 Å². The molecule has 0 saturated carbocycles. The van der Waals surface area contributed by atoms with Gasteiger partial charge in [-0.05, 0) is 42.3 Å². The number of amides is 2. The zero-order valence-corrected chi connectivity index (χ0v) is 19.3. The molecule has 2 fully saturated rings. The average molecular weight is 505 g/mol. The lowest BCUT2D eigenvalue weighted by atomic mass is 9.77. The second-order valence-electron chi connectivity index (χ2n) is 9.39. The number of Topliss-reactive ketones (excluding diaryl/α,β-unsaturated/α-hetero) is 2.